The second-order valence-corrected chi connectivity index (χ2v) is 15.5. The van der Waals surface area contributed by atoms with Crippen LogP contribution < -0.4 is 29.6 Å². The van der Waals surface area contributed by atoms with E-state index in [1.165, 1.54) is 51.4 Å². The number of hydrogen-bond donors (Lipinski definition) is 2. The van der Waals surface area contributed by atoms with Gasteiger partial charge in [-0.2, -0.15) is 0 Å². The van der Waals surface area contributed by atoms with Crippen LogP contribution in [0.3, 0.4) is 0 Å². The highest BCUT2D eigenvalue weighted by Gasteiger charge is 2.59. The lowest BCUT2D eigenvalue weighted by Crippen LogP contribution is -2.75. The van der Waals surface area contributed by atoms with E-state index in [1.54, 1.807) is 0 Å². The van der Waals surface area contributed by atoms with Crippen LogP contribution in [0.5, 0.6) is 23.0 Å². The average molecular weight is 719 g/mol. The molecule has 0 aromatic heterocycles. The van der Waals surface area contributed by atoms with E-state index in [2.05, 4.69) is 38.3 Å². The van der Waals surface area contributed by atoms with Crippen molar-refractivity contribution in [3.63, 3.8) is 0 Å². The molecule has 0 bridgehead atoms. The molecule has 1 aliphatic heterocycles. The van der Waals surface area contributed by atoms with Crippen molar-refractivity contribution in [1.29, 1.82) is 0 Å². The van der Waals surface area contributed by atoms with Crippen LogP contribution in [0.15, 0.2) is 24.3 Å². The van der Waals surface area contributed by atoms with Crippen molar-refractivity contribution in [2.24, 2.45) is 0 Å². The second kappa shape index (κ2) is 19.6. The Labute approximate surface area is 313 Å². The fourth-order valence-corrected chi connectivity index (χ4v) is 8.08. The first kappa shape index (κ1) is 39.8. The Bertz CT molecular complexity index is 1280. The molecule has 2 amide bonds. The first-order valence-corrected chi connectivity index (χ1v) is 20.9. The van der Waals surface area contributed by atoms with Crippen LogP contribution in [0.4, 0.5) is 0 Å². The van der Waals surface area contributed by atoms with Crippen LogP contribution in [0.25, 0.3) is 0 Å². The van der Waals surface area contributed by atoms with Gasteiger partial charge in [0.25, 0.3) is 0 Å². The molecule has 0 radical (unpaired) electrons. The average Bonchev–Trinajstić information content (AvgIpc) is 3.73. The number of hydrogen-bond acceptors (Lipinski definition) is 6. The third kappa shape index (κ3) is 9.57. The van der Waals surface area contributed by atoms with Crippen LogP contribution in [0.1, 0.15) is 153 Å². The Kier molecular flexibility index (Phi) is 15.0. The van der Waals surface area contributed by atoms with Gasteiger partial charge >= 0.3 is 0 Å². The summed E-state index contributed by atoms with van der Waals surface area (Å²) in [5.41, 5.74) is 1.69. The van der Waals surface area contributed by atoms with Gasteiger partial charge in [-0.05, 0) is 49.9 Å². The summed E-state index contributed by atoms with van der Waals surface area (Å²) >= 11 is 0. The number of carbonyl (C=O) groups excluding carboxylic acids is 2. The predicted octanol–water partition coefficient (Wildman–Crippen LogP) is 9.14. The molecule has 0 atom stereocenters. The van der Waals surface area contributed by atoms with E-state index in [4.69, 9.17) is 18.9 Å². The molecule has 52 heavy (non-hydrogen) atoms. The fraction of sp³-hybridized carbons (Fsp3) is 0.682. The molecule has 0 saturated carbocycles. The topological polar surface area (TPSA) is 95.1 Å². The zero-order valence-corrected chi connectivity index (χ0v) is 32.7. The van der Waals surface area contributed by atoms with Crippen molar-refractivity contribution in [2.75, 3.05) is 26.4 Å². The first-order chi connectivity index (χ1) is 25.4. The number of carbonyl (C=O) groups is 2. The molecular weight excluding hydrogens is 652 g/mol. The SMILES string of the molecule is CCCCCCOc1ccc(OCCCCCC)c2c1CC1(C2)NC(=O)C2(Cc3c(OCCCCCC)ccc(OCCCCCC)c3C2)NC1=O. The van der Waals surface area contributed by atoms with Gasteiger partial charge in [0.2, 0.25) is 11.8 Å². The molecule has 1 fully saturated rings. The zero-order chi connectivity index (χ0) is 36.8. The molecule has 1 saturated heterocycles. The molecule has 1 heterocycles. The monoisotopic (exact) mass is 718 g/mol. The van der Waals surface area contributed by atoms with Crippen molar-refractivity contribution < 1.29 is 28.5 Å². The standard InChI is InChI=1S/C44H66N2O6/c1-5-9-13-17-25-49-37-21-22-38(50-26-18-14-10-6-2)34-30-43(29-33(34)37)41(47)46-44(42(48)45-43)31-35-36(32-44)40(52-28-20-16-12-8-4)24-23-39(35)51-27-19-15-11-7-3/h21-24H,5-20,25-32H2,1-4H3,(H,45,48)(H,46,47). The lowest BCUT2D eigenvalue weighted by Gasteiger charge is -2.43. The highest BCUT2D eigenvalue weighted by molar-refractivity contribution is 6.04. The Morgan fingerprint density at radius 3 is 0.904 bits per heavy atom. The molecule has 5 rings (SSSR count). The summed E-state index contributed by atoms with van der Waals surface area (Å²) in [7, 11) is 0. The lowest BCUT2D eigenvalue weighted by atomic mass is 9.83. The smallest absolute Gasteiger partial charge is 0.247 e. The summed E-state index contributed by atoms with van der Waals surface area (Å²) in [6, 6.07) is 7.96. The van der Waals surface area contributed by atoms with E-state index in [0.29, 0.717) is 52.1 Å². The minimum Gasteiger partial charge on any atom is -0.493 e. The summed E-state index contributed by atoms with van der Waals surface area (Å²) in [6.07, 6.45) is 19.4. The number of unbranched alkanes of at least 4 members (excludes halogenated alkanes) is 12. The molecule has 2 N–H and O–H groups in total. The summed E-state index contributed by atoms with van der Waals surface area (Å²) in [6.45, 7) is 11.3. The summed E-state index contributed by atoms with van der Waals surface area (Å²) in [4.78, 5) is 29.0. The molecule has 2 aromatic rings. The van der Waals surface area contributed by atoms with Crippen LogP contribution in [0.2, 0.25) is 0 Å². The number of amides is 2. The number of benzene rings is 2. The van der Waals surface area contributed by atoms with Crippen molar-refractivity contribution in [3.8, 4) is 23.0 Å². The predicted molar refractivity (Wildman–Crippen MR) is 208 cm³/mol. The van der Waals surface area contributed by atoms with Gasteiger partial charge in [-0.1, -0.05) is 105 Å². The van der Waals surface area contributed by atoms with Crippen molar-refractivity contribution >= 4 is 11.8 Å². The number of piperazine rings is 1. The van der Waals surface area contributed by atoms with Crippen molar-refractivity contribution in [2.45, 2.75) is 167 Å². The van der Waals surface area contributed by atoms with E-state index >= 15 is 0 Å². The van der Waals surface area contributed by atoms with Gasteiger partial charge in [0, 0.05) is 47.9 Å². The maximum absolute atomic E-state index is 14.5. The summed E-state index contributed by atoms with van der Waals surface area (Å²) in [5.74, 6) is 2.86. The van der Waals surface area contributed by atoms with E-state index in [1.807, 2.05) is 24.3 Å². The summed E-state index contributed by atoms with van der Waals surface area (Å²) in [5, 5.41) is 6.61. The van der Waals surface area contributed by atoms with Gasteiger partial charge in [-0.25, -0.2) is 0 Å². The van der Waals surface area contributed by atoms with Crippen molar-refractivity contribution in [3.05, 3.63) is 46.5 Å². The first-order valence-electron chi connectivity index (χ1n) is 20.9. The minimum atomic E-state index is -1.10. The second-order valence-electron chi connectivity index (χ2n) is 15.5. The largest absolute Gasteiger partial charge is 0.493 e. The minimum absolute atomic E-state index is 0.150. The maximum atomic E-state index is 14.5. The van der Waals surface area contributed by atoms with Crippen LogP contribution in [-0.2, 0) is 35.3 Å². The fourth-order valence-electron chi connectivity index (χ4n) is 8.08. The number of fused-ring (bicyclic) bond motifs is 2. The number of nitrogens with one attached hydrogen (secondary N) is 2. The molecular formula is C44H66N2O6. The van der Waals surface area contributed by atoms with Gasteiger partial charge in [-0.15, -0.1) is 0 Å². The highest BCUT2D eigenvalue weighted by atomic mass is 16.5. The van der Waals surface area contributed by atoms with Crippen LogP contribution in [0, 0.1) is 0 Å². The van der Waals surface area contributed by atoms with E-state index in [9.17, 15) is 9.59 Å². The van der Waals surface area contributed by atoms with Gasteiger partial charge < -0.3 is 29.6 Å². The third-order valence-electron chi connectivity index (χ3n) is 11.2. The Balaban J connectivity index is 1.35. The lowest BCUT2D eigenvalue weighted by molar-refractivity contribution is -0.145. The highest BCUT2D eigenvalue weighted by Crippen LogP contribution is 2.47. The van der Waals surface area contributed by atoms with E-state index < -0.39 is 11.1 Å². The molecule has 2 spiro atoms. The van der Waals surface area contributed by atoms with E-state index in [-0.39, 0.29) is 11.8 Å². The Morgan fingerprint density at radius 1 is 0.423 bits per heavy atom. The molecule has 0 unspecified atom stereocenters. The molecule has 2 aromatic carbocycles. The molecule has 288 valence electrons. The maximum Gasteiger partial charge on any atom is 0.247 e. The molecule has 8 heteroatoms. The van der Waals surface area contributed by atoms with Crippen LogP contribution in [-0.4, -0.2) is 49.3 Å². The van der Waals surface area contributed by atoms with Gasteiger partial charge in [0.15, 0.2) is 0 Å². The molecule has 2 aliphatic carbocycles. The number of rotatable bonds is 24. The summed E-state index contributed by atoms with van der Waals surface area (Å²) < 4.78 is 25.4. The number of ether oxygens (including phenoxy) is 4. The molecule has 3 aliphatic rings. The van der Waals surface area contributed by atoms with Gasteiger partial charge in [-0.3, -0.25) is 9.59 Å². The third-order valence-corrected chi connectivity index (χ3v) is 11.2. The van der Waals surface area contributed by atoms with E-state index in [0.717, 1.165) is 96.6 Å². The molecule has 8 nitrogen and oxygen atoms in total. The Morgan fingerprint density at radius 2 is 0.673 bits per heavy atom. The van der Waals surface area contributed by atoms with Gasteiger partial charge in [0.05, 0.1) is 26.4 Å². The van der Waals surface area contributed by atoms with Crippen molar-refractivity contribution in [1.82, 2.24) is 10.6 Å². The normalized spacial score (nSPS) is 16.5. The Hall–Kier alpha value is -3.42. The zero-order valence-electron chi connectivity index (χ0n) is 32.7. The van der Waals surface area contributed by atoms with Gasteiger partial charge in [0.1, 0.15) is 34.1 Å². The quantitative estimate of drug-likeness (QED) is 0.105. The van der Waals surface area contributed by atoms with Crippen LogP contribution >= 0.6 is 0 Å².